The van der Waals surface area contributed by atoms with E-state index in [2.05, 4.69) is 79.2 Å². The van der Waals surface area contributed by atoms with E-state index in [-0.39, 0.29) is 0 Å². The van der Waals surface area contributed by atoms with Crippen LogP contribution < -0.4 is 0 Å². The molecule has 0 radical (unpaired) electrons. The summed E-state index contributed by atoms with van der Waals surface area (Å²) in [6.45, 7) is 8.76. The number of likely N-dealkylation sites (N-methyl/N-ethyl adjacent to an activating group) is 1. The highest BCUT2D eigenvalue weighted by molar-refractivity contribution is 5.63. The van der Waals surface area contributed by atoms with Gasteiger partial charge in [-0.1, -0.05) is 61.4 Å². The summed E-state index contributed by atoms with van der Waals surface area (Å²) >= 11 is 0. The predicted molar refractivity (Wildman–Crippen MR) is 128 cm³/mol. The largest absolute Gasteiger partial charge is 0.373 e. The van der Waals surface area contributed by atoms with Gasteiger partial charge in [0.2, 0.25) is 0 Å². The summed E-state index contributed by atoms with van der Waals surface area (Å²) in [5, 5.41) is 0. The fourth-order valence-corrected chi connectivity index (χ4v) is 5.77. The van der Waals surface area contributed by atoms with Gasteiger partial charge in [0.25, 0.3) is 0 Å². The summed E-state index contributed by atoms with van der Waals surface area (Å²) in [6.07, 6.45) is 7.40. The van der Waals surface area contributed by atoms with Crippen molar-refractivity contribution in [3.63, 3.8) is 0 Å². The van der Waals surface area contributed by atoms with Gasteiger partial charge in [-0.3, -0.25) is 4.90 Å². The molecule has 3 heteroatoms. The minimum atomic E-state index is 0.522. The maximum absolute atomic E-state index is 6.23. The summed E-state index contributed by atoms with van der Waals surface area (Å²) in [5.74, 6) is 0. The van der Waals surface area contributed by atoms with Crippen LogP contribution >= 0.6 is 0 Å². The van der Waals surface area contributed by atoms with Crippen molar-refractivity contribution in [1.82, 2.24) is 9.80 Å². The average molecular weight is 419 g/mol. The van der Waals surface area contributed by atoms with E-state index in [4.69, 9.17) is 4.74 Å². The molecule has 3 nitrogen and oxygen atoms in total. The molecule has 2 aromatic carbocycles. The zero-order chi connectivity index (χ0) is 21.4. The number of hydrogen-bond donors (Lipinski definition) is 0. The molecule has 0 amide bonds. The van der Waals surface area contributed by atoms with E-state index in [1.165, 1.54) is 54.4 Å². The lowest BCUT2D eigenvalue weighted by atomic mass is 10.0. The monoisotopic (exact) mass is 418 g/mol. The van der Waals surface area contributed by atoms with Crippen LogP contribution in [-0.2, 0) is 17.9 Å². The van der Waals surface area contributed by atoms with E-state index < -0.39 is 0 Å². The first-order valence-electron chi connectivity index (χ1n) is 12.3. The third kappa shape index (κ3) is 4.60. The zero-order valence-electron chi connectivity index (χ0n) is 19.5. The Hall–Kier alpha value is -1.68. The molecule has 2 aliphatic carbocycles. The smallest absolute Gasteiger partial charge is 0.0720 e. The van der Waals surface area contributed by atoms with Crippen molar-refractivity contribution in [2.24, 2.45) is 5.41 Å². The number of rotatable bonds is 6. The second-order valence-corrected chi connectivity index (χ2v) is 10.5. The van der Waals surface area contributed by atoms with Crippen LogP contribution in [0.2, 0.25) is 0 Å². The molecule has 0 N–H and O–H groups in total. The van der Waals surface area contributed by atoms with Gasteiger partial charge >= 0.3 is 0 Å². The van der Waals surface area contributed by atoms with E-state index in [0.29, 0.717) is 23.6 Å². The Balaban J connectivity index is 1.15. The minimum Gasteiger partial charge on any atom is -0.373 e. The number of ether oxygens (including phenoxy) is 1. The van der Waals surface area contributed by atoms with Gasteiger partial charge in [-0.2, -0.15) is 0 Å². The molecular weight excluding hydrogens is 380 g/mol. The normalized spacial score (nSPS) is 28.3. The van der Waals surface area contributed by atoms with Crippen LogP contribution in [0.3, 0.4) is 0 Å². The molecule has 5 rings (SSSR count). The molecule has 1 heterocycles. The fourth-order valence-electron chi connectivity index (χ4n) is 5.77. The summed E-state index contributed by atoms with van der Waals surface area (Å²) < 4.78 is 6.23. The molecule has 0 bridgehead atoms. The van der Waals surface area contributed by atoms with Crippen LogP contribution in [0.5, 0.6) is 0 Å². The van der Waals surface area contributed by atoms with Gasteiger partial charge in [0, 0.05) is 31.7 Å². The molecule has 3 fully saturated rings. The minimum absolute atomic E-state index is 0.522. The quantitative estimate of drug-likeness (QED) is 0.596. The number of piperazine rings is 1. The molecular formula is C28H38N2O. The summed E-state index contributed by atoms with van der Waals surface area (Å²) in [6, 6.07) is 19.4. The topological polar surface area (TPSA) is 15.7 Å². The van der Waals surface area contributed by atoms with Crippen LogP contribution in [0.1, 0.15) is 57.1 Å². The summed E-state index contributed by atoms with van der Waals surface area (Å²) in [4.78, 5) is 5.08. The van der Waals surface area contributed by atoms with Crippen LogP contribution in [0.25, 0.3) is 11.1 Å². The van der Waals surface area contributed by atoms with Crippen molar-refractivity contribution < 1.29 is 4.74 Å². The highest BCUT2D eigenvalue weighted by Crippen LogP contribution is 2.59. The molecule has 2 unspecified atom stereocenters. The van der Waals surface area contributed by atoms with Crippen molar-refractivity contribution in [2.45, 2.75) is 77.3 Å². The molecule has 3 aliphatic rings. The van der Waals surface area contributed by atoms with E-state index >= 15 is 0 Å². The lowest BCUT2D eigenvalue weighted by Gasteiger charge is -2.42. The first-order chi connectivity index (χ1) is 15.0. The second-order valence-electron chi connectivity index (χ2n) is 10.5. The lowest BCUT2D eigenvalue weighted by molar-refractivity contribution is 0.0546. The third-order valence-electron chi connectivity index (χ3n) is 8.22. The Morgan fingerprint density at radius 2 is 1.45 bits per heavy atom. The van der Waals surface area contributed by atoms with Crippen LogP contribution in [-0.4, -0.2) is 48.1 Å². The van der Waals surface area contributed by atoms with Crippen LogP contribution in [0.15, 0.2) is 48.5 Å². The van der Waals surface area contributed by atoms with E-state index in [0.717, 1.165) is 26.2 Å². The Bertz CT molecular complexity index is 869. The van der Waals surface area contributed by atoms with Gasteiger partial charge < -0.3 is 9.64 Å². The molecule has 0 aromatic heterocycles. The van der Waals surface area contributed by atoms with Gasteiger partial charge in [0.1, 0.15) is 0 Å². The van der Waals surface area contributed by atoms with Crippen molar-refractivity contribution in [2.75, 3.05) is 20.1 Å². The van der Waals surface area contributed by atoms with Gasteiger partial charge in [-0.05, 0) is 67.8 Å². The molecule has 2 saturated carbocycles. The highest BCUT2D eigenvalue weighted by Gasteiger charge is 2.55. The van der Waals surface area contributed by atoms with Gasteiger partial charge in [0.15, 0.2) is 0 Å². The van der Waals surface area contributed by atoms with Crippen molar-refractivity contribution >= 4 is 0 Å². The van der Waals surface area contributed by atoms with Gasteiger partial charge in [0.05, 0.1) is 12.7 Å². The van der Waals surface area contributed by atoms with Crippen molar-refractivity contribution in [3.8, 4) is 11.1 Å². The van der Waals surface area contributed by atoms with Crippen LogP contribution in [0, 0.1) is 5.41 Å². The van der Waals surface area contributed by atoms with E-state index in [1.807, 2.05) is 0 Å². The first kappa shape index (κ1) is 21.2. The number of nitrogens with zero attached hydrogens (tertiary/aromatic N) is 2. The van der Waals surface area contributed by atoms with Gasteiger partial charge in [-0.25, -0.2) is 0 Å². The van der Waals surface area contributed by atoms with Gasteiger partial charge in [-0.15, -0.1) is 0 Å². The van der Waals surface area contributed by atoms with E-state index in [1.54, 1.807) is 0 Å². The SMILES string of the molecule is CC1CN(Cc2ccc(-c3ccc(COC4CC45CCCC5)cc3)cc2)[C@H](C)CN1C. The first-order valence-corrected chi connectivity index (χ1v) is 12.3. The zero-order valence-corrected chi connectivity index (χ0v) is 19.5. The summed E-state index contributed by atoms with van der Waals surface area (Å²) in [5.41, 5.74) is 5.85. The van der Waals surface area contributed by atoms with Crippen molar-refractivity contribution in [3.05, 3.63) is 59.7 Å². The summed E-state index contributed by atoms with van der Waals surface area (Å²) in [7, 11) is 2.24. The lowest BCUT2D eigenvalue weighted by Crippen LogP contribution is -2.54. The predicted octanol–water partition coefficient (Wildman–Crippen LogP) is 5.73. The third-order valence-corrected chi connectivity index (χ3v) is 8.22. The molecule has 31 heavy (non-hydrogen) atoms. The molecule has 1 spiro atoms. The van der Waals surface area contributed by atoms with Crippen molar-refractivity contribution in [1.29, 1.82) is 0 Å². The fraction of sp³-hybridized carbons (Fsp3) is 0.571. The Labute approximate surface area is 188 Å². The Morgan fingerprint density at radius 3 is 2.10 bits per heavy atom. The number of hydrogen-bond acceptors (Lipinski definition) is 3. The Kier molecular flexibility index (Phi) is 5.94. The Morgan fingerprint density at radius 1 is 0.839 bits per heavy atom. The maximum Gasteiger partial charge on any atom is 0.0720 e. The molecule has 166 valence electrons. The highest BCUT2D eigenvalue weighted by atomic mass is 16.5. The average Bonchev–Trinajstić information content (AvgIpc) is 3.23. The van der Waals surface area contributed by atoms with E-state index in [9.17, 15) is 0 Å². The number of benzene rings is 2. The molecule has 1 saturated heterocycles. The maximum atomic E-state index is 6.23. The molecule has 3 atom stereocenters. The molecule has 2 aromatic rings. The second kappa shape index (κ2) is 8.69. The molecule has 1 aliphatic heterocycles. The van der Waals surface area contributed by atoms with Crippen LogP contribution in [0.4, 0.5) is 0 Å². The standard InChI is InChI=1S/C28H38N2O/c1-21-18-30(22(2)17-29(21)3)19-23-6-10-25(11-7-23)26-12-8-24(9-13-26)20-31-27-16-28(27)14-4-5-15-28/h6-13,21-22,27H,4-5,14-20H2,1-3H3/t21?,22-,27?/m1/s1.